The Bertz CT molecular complexity index is 896. The summed E-state index contributed by atoms with van der Waals surface area (Å²) in [6.45, 7) is 3.45. The van der Waals surface area contributed by atoms with Gasteiger partial charge < -0.3 is 5.11 Å². The predicted octanol–water partition coefficient (Wildman–Crippen LogP) is 6.35. The number of aromatic nitrogens is 1. The fourth-order valence-corrected chi connectivity index (χ4v) is 4.32. The first-order valence-corrected chi connectivity index (χ1v) is 10.5. The highest BCUT2D eigenvalue weighted by Crippen LogP contribution is 2.40. The Kier molecular flexibility index (Phi) is 7.15. The first-order chi connectivity index (χ1) is 14.5. The summed E-state index contributed by atoms with van der Waals surface area (Å²) in [5.74, 6) is 0. The molecule has 1 fully saturated rings. The summed E-state index contributed by atoms with van der Waals surface area (Å²) in [6.07, 6.45) is -5.98. The number of para-hydroxylation sites is 1. The van der Waals surface area contributed by atoms with Gasteiger partial charge in [-0.3, -0.25) is 4.90 Å². The molecule has 1 aliphatic rings. The number of hydrogen-bond acceptors (Lipinski definition) is 3. The van der Waals surface area contributed by atoms with E-state index < -0.39 is 41.3 Å². The maximum atomic E-state index is 13.5. The molecule has 3 nitrogen and oxygen atoms in total. The molecule has 1 aromatic heterocycles. The molecule has 9 heteroatoms. The maximum Gasteiger partial charge on any atom is 0.433 e. The summed E-state index contributed by atoms with van der Waals surface area (Å²) < 4.78 is 80.9. The molecule has 2 atom stereocenters. The lowest BCUT2D eigenvalue weighted by Crippen LogP contribution is -2.43. The monoisotopic (exact) mass is 448 g/mol. The molecule has 0 bridgehead atoms. The Morgan fingerprint density at radius 3 is 2.48 bits per heavy atom. The lowest BCUT2D eigenvalue weighted by atomic mass is 9.90. The van der Waals surface area contributed by atoms with Gasteiger partial charge in [-0.25, -0.2) is 4.98 Å². The molecular weight excluding hydrogens is 422 g/mol. The van der Waals surface area contributed by atoms with Gasteiger partial charge in [0.15, 0.2) is 0 Å². The smallest absolute Gasteiger partial charge is 0.387 e. The minimum atomic E-state index is -4.94. The van der Waals surface area contributed by atoms with Crippen molar-refractivity contribution in [3.05, 3.63) is 41.1 Å². The van der Waals surface area contributed by atoms with Crippen molar-refractivity contribution in [1.82, 2.24) is 9.88 Å². The number of benzene rings is 1. The Labute approximate surface area is 177 Å². The van der Waals surface area contributed by atoms with Crippen LogP contribution in [-0.4, -0.2) is 34.1 Å². The molecule has 0 amide bonds. The molecule has 0 saturated carbocycles. The van der Waals surface area contributed by atoms with Crippen LogP contribution in [0.2, 0.25) is 0 Å². The lowest BCUT2D eigenvalue weighted by Gasteiger charge is -2.39. The van der Waals surface area contributed by atoms with Crippen LogP contribution in [0.5, 0.6) is 0 Å². The van der Waals surface area contributed by atoms with Gasteiger partial charge in [-0.15, -0.1) is 0 Å². The van der Waals surface area contributed by atoms with Crippen LogP contribution >= 0.6 is 0 Å². The van der Waals surface area contributed by atoms with E-state index in [0.29, 0.717) is 31.6 Å². The summed E-state index contributed by atoms with van der Waals surface area (Å²) >= 11 is 0. The zero-order chi connectivity index (χ0) is 22.8. The molecule has 0 spiro atoms. The minimum Gasteiger partial charge on any atom is -0.387 e. The van der Waals surface area contributed by atoms with Crippen molar-refractivity contribution in [3.8, 4) is 0 Å². The molecule has 1 aliphatic heterocycles. The molecule has 1 saturated heterocycles. The zero-order valence-electron chi connectivity index (χ0n) is 17.2. The second-order valence-electron chi connectivity index (χ2n) is 8.05. The van der Waals surface area contributed by atoms with Crippen LogP contribution in [0.25, 0.3) is 10.9 Å². The Balaban J connectivity index is 2.11. The summed E-state index contributed by atoms with van der Waals surface area (Å²) in [5.41, 5.74) is -3.62. The molecule has 1 aromatic carbocycles. The van der Waals surface area contributed by atoms with E-state index in [1.807, 2.05) is 0 Å². The van der Waals surface area contributed by atoms with E-state index in [-0.39, 0.29) is 10.9 Å². The highest BCUT2D eigenvalue weighted by Gasteiger charge is 2.39. The van der Waals surface area contributed by atoms with Crippen LogP contribution in [0.15, 0.2) is 24.3 Å². The van der Waals surface area contributed by atoms with E-state index in [0.717, 1.165) is 38.2 Å². The van der Waals surface area contributed by atoms with Crippen LogP contribution in [0.1, 0.15) is 68.4 Å². The van der Waals surface area contributed by atoms with Gasteiger partial charge in [0.05, 0.1) is 17.2 Å². The topological polar surface area (TPSA) is 36.4 Å². The zero-order valence-corrected chi connectivity index (χ0v) is 17.2. The predicted molar refractivity (Wildman–Crippen MR) is 105 cm³/mol. The van der Waals surface area contributed by atoms with Gasteiger partial charge in [0, 0.05) is 11.4 Å². The van der Waals surface area contributed by atoms with Crippen LogP contribution in [0, 0.1) is 0 Å². The van der Waals surface area contributed by atoms with Gasteiger partial charge in [-0.2, -0.15) is 26.3 Å². The number of hydrogen-bond donors (Lipinski definition) is 1. The Hall–Kier alpha value is -1.87. The van der Waals surface area contributed by atoms with Gasteiger partial charge in [-0.05, 0) is 50.0 Å². The van der Waals surface area contributed by atoms with E-state index in [4.69, 9.17) is 0 Å². The number of alkyl halides is 6. The van der Waals surface area contributed by atoms with E-state index in [9.17, 15) is 31.4 Å². The van der Waals surface area contributed by atoms with Crippen molar-refractivity contribution in [2.75, 3.05) is 13.1 Å². The number of aliphatic hydroxyl groups excluding tert-OH is 1. The summed E-state index contributed by atoms with van der Waals surface area (Å²) in [4.78, 5) is 5.36. The van der Waals surface area contributed by atoms with Crippen molar-refractivity contribution >= 4 is 10.9 Å². The van der Waals surface area contributed by atoms with Crippen LogP contribution < -0.4 is 0 Å². The van der Waals surface area contributed by atoms with E-state index in [2.05, 4.69) is 16.8 Å². The standard InChI is InChI=1S/C22H26F6N2O/c1-2-3-5-11-30-12-6-4-10-17(30)20(31)15-13-18(22(26,27)28)29-19-14(15)8-7-9-16(19)21(23,24)25/h7-9,13,17,20,31H,2-6,10-12H2,1H3. The molecule has 0 radical (unpaired) electrons. The third kappa shape index (κ3) is 5.31. The van der Waals surface area contributed by atoms with Crippen molar-refractivity contribution < 1.29 is 31.4 Å². The van der Waals surface area contributed by atoms with Crippen LogP contribution in [0.4, 0.5) is 26.3 Å². The second kappa shape index (κ2) is 9.32. The number of fused-ring (bicyclic) bond motifs is 1. The molecule has 2 heterocycles. The van der Waals surface area contributed by atoms with Crippen molar-refractivity contribution in [2.24, 2.45) is 0 Å². The number of nitrogens with zero attached hydrogens (tertiary/aromatic N) is 2. The molecule has 0 aliphatic carbocycles. The molecule has 172 valence electrons. The van der Waals surface area contributed by atoms with Crippen LogP contribution in [0.3, 0.4) is 0 Å². The summed E-state index contributed by atoms with van der Waals surface area (Å²) in [7, 11) is 0. The number of piperidine rings is 1. The SMILES string of the molecule is CCCCCN1CCCCC1C(O)c1cc(C(F)(F)F)nc2c(C(F)(F)F)cccc12. The minimum absolute atomic E-state index is 0.102. The molecular formula is C22H26F6N2O. The molecule has 3 rings (SSSR count). The molecule has 31 heavy (non-hydrogen) atoms. The fourth-order valence-electron chi connectivity index (χ4n) is 4.32. The van der Waals surface area contributed by atoms with Crippen LogP contribution in [-0.2, 0) is 12.4 Å². The van der Waals surface area contributed by atoms with Gasteiger partial charge in [0.2, 0.25) is 0 Å². The number of halogens is 6. The molecule has 2 aromatic rings. The largest absolute Gasteiger partial charge is 0.433 e. The third-order valence-electron chi connectivity index (χ3n) is 5.86. The first-order valence-electron chi connectivity index (χ1n) is 10.5. The number of likely N-dealkylation sites (tertiary alicyclic amines) is 1. The van der Waals surface area contributed by atoms with E-state index in [1.165, 1.54) is 6.07 Å². The quantitative estimate of drug-likeness (QED) is 0.413. The lowest BCUT2D eigenvalue weighted by molar-refractivity contribution is -0.142. The van der Waals surface area contributed by atoms with Gasteiger partial charge in [0.1, 0.15) is 5.69 Å². The number of pyridine rings is 1. The number of aliphatic hydroxyl groups is 1. The van der Waals surface area contributed by atoms with E-state index in [1.54, 1.807) is 0 Å². The molecule has 2 unspecified atom stereocenters. The fraction of sp³-hybridized carbons (Fsp3) is 0.591. The summed E-state index contributed by atoms with van der Waals surface area (Å²) in [6, 6.07) is 3.39. The van der Waals surface area contributed by atoms with Gasteiger partial charge in [-0.1, -0.05) is 38.3 Å². The maximum absolute atomic E-state index is 13.5. The highest BCUT2D eigenvalue weighted by atomic mass is 19.4. The number of rotatable bonds is 6. The van der Waals surface area contributed by atoms with Gasteiger partial charge >= 0.3 is 12.4 Å². The average Bonchev–Trinajstić information content (AvgIpc) is 2.71. The average molecular weight is 448 g/mol. The molecule has 1 N–H and O–H groups in total. The first kappa shape index (κ1) is 23.8. The Morgan fingerprint density at radius 2 is 1.84 bits per heavy atom. The number of unbranched alkanes of at least 4 members (excludes halogenated alkanes) is 2. The van der Waals surface area contributed by atoms with Crippen molar-refractivity contribution in [2.45, 2.75) is 69.9 Å². The normalized spacial score (nSPS) is 19.7. The van der Waals surface area contributed by atoms with Crippen molar-refractivity contribution in [1.29, 1.82) is 0 Å². The Morgan fingerprint density at radius 1 is 1.10 bits per heavy atom. The summed E-state index contributed by atoms with van der Waals surface area (Å²) in [5, 5.41) is 11.0. The second-order valence-corrected chi connectivity index (χ2v) is 8.05. The third-order valence-corrected chi connectivity index (χ3v) is 5.86. The van der Waals surface area contributed by atoms with Crippen molar-refractivity contribution in [3.63, 3.8) is 0 Å². The van der Waals surface area contributed by atoms with E-state index >= 15 is 0 Å². The highest BCUT2D eigenvalue weighted by molar-refractivity contribution is 5.86. The van der Waals surface area contributed by atoms with Gasteiger partial charge in [0.25, 0.3) is 0 Å².